The molecular weight excluding hydrogens is 248 g/mol. The van der Waals surface area contributed by atoms with Crippen molar-refractivity contribution in [3.8, 4) is 0 Å². The molecule has 20 heavy (non-hydrogen) atoms. The molecule has 2 unspecified atom stereocenters. The Morgan fingerprint density at radius 1 is 1.25 bits per heavy atom. The molecule has 1 aromatic carbocycles. The summed E-state index contributed by atoms with van der Waals surface area (Å²) >= 11 is 0. The van der Waals surface area contributed by atoms with Gasteiger partial charge in [-0.25, -0.2) is 0 Å². The minimum absolute atomic E-state index is 0.204. The lowest BCUT2D eigenvalue weighted by molar-refractivity contribution is 0.0622. The van der Waals surface area contributed by atoms with E-state index in [-0.39, 0.29) is 5.91 Å². The zero-order valence-electron chi connectivity index (χ0n) is 12.9. The number of rotatable bonds is 4. The summed E-state index contributed by atoms with van der Waals surface area (Å²) in [6.07, 6.45) is 2.13. The minimum atomic E-state index is 0.204. The van der Waals surface area contributed by atoms with Crippen molar-refractivity contribution in [2.45, 2.75) is 26.7 Å². The molecule has 0 radical (unpaired) electrons. The number of piperidine rings is 1. The number of nitrogens with zero attached hydrogens (tertiary/aromatic N) is 1. The molecule has 3 nitrogen and oxygen atoms in total. The summed E-state index contributed by atoms with van der Waals surface area (Å²) in [6.45, 7) is 7.16. The molecule has 110 valence electrons. The van der Waals surface area contributed by atoms with E-state index in [4.69, 9.17) is 0 Å². The molecule has 1 aromatic rings. The molecular formula is C17H26N2O. The van der Waals surface area contributed by atoms with Crippen LogP contribution in [-0.4, -0.2) is 37.5 Å². The van der Waals surface area contributed by atoms with Gasteiger partial charge in [0.25, 0.3) is 5.91 Å². The third kappa shape index (κ3) is 3.60. The van der Waals surface area contributed by atoms with Crippen LogP contribution in [0.25, 0.3) is 0 Å². The lowest BCUT2D eigenvalue weighted by Crippen LogP contribution is -2.42. The summed E-state index contributed by atoms with van der Waals surface area (Å²) in [5.74, 6) is 1.41. The quantitative estimate of drug-likeness (QED) is 0.915. The molecule has 1 N–H and O–H groups in total. The van der Waals surface area contributed by atoms with E-state index in [0.29, 0.717) is 11.8 Å². The molecule has 1 amide bonds. The van der Waals surface area contributed by atoms with E-state index in [1.807, 2.05) is 30.1 Å². The highest BCUT2D eigenvalue weighted by Gasteiger charge is 2.26. The van der Waals surface area contributed by atoms with Crippen molar-refractivity contribution in [3.05, 3.63) is 35.4 Å². The van der Waals surface area contributed by atoms with Gasteiger partial charge in [-0.1, -0.05) is 32.0 Å². The van der Waals surface area contributed by atoms with Gasteiger partial charge >= 0.3 is 0 Å². The van der Waals surface area contributed by atoms with Crippen molar-refractivity contribution in [2.75, 3.05) is 26.7 Å². The highest BCUT2D eigenvalue weighted by atomic mass is 16.2. The van der Waals surface area contributed by atoms with Crippen LogP contribution in [0, 0.1) is 11.8 Å². The number of hydrogen-bond donors (Lipinski definition) is 1. The Balaban J connectivity index is 2.15. The molecule has 0 spiro atoms. The van der Waals surface area contributed by atoms with Crippen molar-refractivity contribution in [1.29, 1.82) is 0 Å². The number of nitrogens with one attached hydrogen (secondary N) is 1. The average molecular weight is 274 g/mol. The fourth-order valence-electron chi connectivity index (χ4n) is 3.21. The summed E-state index contributed by atoms with van der Waals surface area (Å²) in [4.78, 5) is 14.8. The molecule has 3 heteroatoms. The van der Waals surface area contributed by atoms with E-state index in [1.54, 1.807) is 0 Å². The molecule has 2 rings (SSSR count). The van der Waals surface area contributed by atoms with Crippen LogP contribution in [0.3, 0.4) is 0 Å². The van der Waals surface area contributed by atoms with E-state index in [9.17, 15) is 4.79 Å². The molecule has 1 heterocycles. The van der Waals surface area contributed by atoms with Crippen LogP contribution in [0.2, 0.25) is 0 Å². The van der Waals surface area contributed by atoms with Crippen LogP contribution in [0.4, 0.5) is 0 Å². The third-order valence-electron chi connectivity index (χ3n) is 4.05. The Bertz CT molecular complexity index is 448. The van der Waals surface area contributed by atoms with Crippen molar-refractivity contribution >= 4 is 5.91 Å². The lowest BCUT2D eigenvalue weighted by atomic mass is 9.91. The largest absolute Gasteiger partial charge is 0.338 e. The summed E-state index contributed by atoms with van der Waals surface area (Å²) in [6, 6.07) is 8.02. The van der Waals surface area contributed by atoms with Crippen molar-refractivity contribution < 1.29 is 4.79 Å². The van der Waals surface area contributed by atoms with E-state index in [0.717, 1.165) is 37.2 Å². The second kappa shape index (κ2) is 6.89. The molecule has 0 bridgehead atoms. The number of likely N-dealkylation sites (tertiary alicyclic amines) is 1. The number of amides is 1. The predicted octanol–water partition coefficient (Wildman–Crippen LogP) is 2.57. The van der Waals surface area contributed by atoms with Crippen LogP contribution in [0.5, 0.6) is 0 Å². The first-order valence-electron chi connectivity index (χ1n) is 7.63. The van der Waals surface area contributed by atoms with Crippen LogP contribution in [0.15, 0.2) is 24.3 Å². The fraction of sp³-hybridized carbons (Fsp3) is 0.588. The monoisotopic (exact) mass is 274 g/mol. The molecule has 1 aliphatic rings. The number of carbonyl (C=O) groups excluding carboxylic acids is 1. The maximum atomic E-state index is 12.8. The Morgan fingerprint density at radius 2 is 1.90 bits per heavy atom. The van der Waals surface area contributed by atoms with Gasteiger partial charge in [0, 0.05) is 18.7 Å². The second-order valence-corrected chi connectivity index (χ2v) is 6.17. The van der Waals surface area contributed by atoms with Gasteiger partial charge in [-0.05, 0) is 49.9 Å². The highest BCUT2D eigenvalue weighted by Crippen LogP contribution is 2.23. The zero-order chi connectivity index (χ0) is 14.5. The lowest BCUT2D eigenvalue weighted by Gasteiger charge is -2.35. The summed E-state index contributed by atoms with van der Waals surface area (Å²) in [5.41, 5.74) is 2.03. The minimum Gasteiger partial charge on any atom is -0.338 e. The van der Waals surface area contributed by atoms with E-state index < -0.39 is 0 Å². The highest BCUT2D eigenvalue weighted by molar-refractivity contribution is 5.95. The SMILES string of the molecule is CNCCc1ccccc1C(=O)N1CC(C)CC(C)C1. The summed E-state index contributed by atoms with van der Waals surface area (Å²) in [7, 11) is 1.94. The molecule has 0 aromatic heterocycles. The Morgan fingerprint density at radius 3 is 2.55 bits per heavy atom. The molecule has 0 saturated carbocycles. The van der Waals surface area contributed by atoms with E-state index in [2.05, 4.69) is 25.2 Å². The fourth-order valence-corrected chi connectivity index (χ4v) is 3.21. The molecule has 2 atom stereocenters. The molecule has 1 fully saturated rings. The number of hydrogen-bond acceptors (Lipinski definition) is 2. The van der Waals surface area contributed by atoms with Gasteiger partial charge in [-0.2, -0.15) is 0 Å². The Hall–Kier alpha value is -1.35. The maximum absolute atomic E-state index is 12.8. The van der Waals surface area contributed by atoms with Gasteiger partial charge in [0.2, 0.25) is 0 Å². The molecule has 0 aliphatic carbocycles. The van der Waals surface area contributed by atoms with Crippen molar-refractivity contribution in [3.63, 3.8) is 0 Å². The summed E-state index contributed by atoms with van der Waals surface area (Å²) < 4.78 is 0. The van der Waals surface area contributed by atoms with Crippen molar-refractivity contribution in [2.24, 2.45) is 11.8 Å². The van der Waals surface area contributed by atoms with Gasteiger partial charge < -0.3 is 10.2 Å². The van der Waals surface area contributed by atoms with Crippen molar-refractivity contribution in [1.82, 2.24) is 10.2 Å². The van der Waals surface area contributed by atoms with Crippen LogP contribution in [0.1, 0.15) is 36.2 Å². The smallest absolute Gasteiger partial charge is 0.254 e. The van der Waals surface area contributed by atoms with Crippen LogP contribution in [-0.2, 0) is 6.42 Å². The third-order valence-corrected chi connectivity index (χ3v) is 4.05. The standard InChI is InChI=1S/C17H26N2O/c1-13-10-14(2)12-19(11-13)17(20)16-7-5-4-6-15(16)8-9-18-3/h4-7,13-14,18H,8-12H2,1-3H3. The van der Waals surface area contributed by atoms with E-state index in [1.165, 1.54) is 6.42 Å². The van der Waals surface area contributed by atoms with Gasteiger partial charge in [-0.15, -0.1) is 0 Å². The van der Waals surface area contributed by atoms with Gasteiger partial charge in [0.15, 0.2) is 0 Å². The number of carbonyl (C=O) groups is 1. The van der Waals surface area contributed by atoms with Crippen LogP contribution >= 0.6 is 0 Å². The van der Waals surface area contributed by atoms with Gasteiger partial charge in [0.1, 0.15) is 0 Å². The summed E-state index contributed by atoms with van der Waals surface area (Å²) in [5, 5.41) is 3.15. The number of benzene rings is 1. The van der Waals surface area contributed by atoms with Gasteiger partial charge in [-0.3, -0.25) is 4.79 Å². The average Bonchev–Trinajstić information content (AvgIpc) is 2.43. The zero-order valence-corrected chi connectivity index (χ0v) is 12.9. The van der Waals surface area contributed by atoms with Crippen LogP contribution < -0.4 is 5.32 Å². The second-order valence-electron chi connectivity index (χ2n) is 6.17. The molecule has 1 aliphatic heterocycles. The maximum Gasteiger partial charge on any atom is 0.254 e. The molecule has 1 saturated heterocycles. The predicted molar refractivity (Wildman–Crippen MR) is 82.9 cm³/mol. The normalized spacial score (nSPS) is 22.9. The Kier molecular flexibility index (Phi) is 5.18. The van der Waals surface area contributed by atoms with E-state index >= 15 is 0 Å². The first-order valence-corrected chi connectivity index (χ1v) is 7.63. The first-order chi connectivity index (χ1) is 9.61. The Labute approximate surface area is 122 Å². The first kappa shape index (κ1) is 15.0. The number of likely N-dealkylation sites (N-methyl/N-ethyl adjacent to an activating group) is 1. The topological polar surface area (TPSA) is 32.3 Å². The van der Waals surface area contributed by atoms with Gasteiger partial charge in [0.05, 0.1) is 0 Å².